The van der Waals surface area contributed by atoms with E-state index in [4.69, 9.17) is 5.73 Å². The van der Waals surface area contributed by atoms with Crippen molar-refractivity contribution in [2.75, 3.05) is 6.54 Å². The van der Waals surface area contributed by atoms with E-state index in [0.29, 0.717) is 18.4 Å². The van der Waals surface area contributed by atoms with Gasteiger partial charge in [-0.2, -0.15) is 0 Å². The molecule has 1 aromatic carbocycles. The van der Waals surface area contributed by atoms with Gasteiger partial charge in [-0.25, -0.2) is 17.5 Å². The van der Waals surface area contributed by atoms with Crippen LogP contribution in [0.15, 0.2) is 23.1 Å². The number of aryl methyl sites for hydroxylation is 1. The maximum Gasteiger partial charge on any atom is 0.241 e. The summed E-state index contributed by atoms with van der Waals surface area (Å²) < 4.78 is 40.6. The summed E-state index contributed by atoms with van der Waals surface area (Å²) in [5.74, 6) is -0.533. The SMILES string of the molecule is CCC(CC)(CN)NS(=O)(=O)c1ccc(C)c(F)c1. The number of nitrogens with two attached hydrogens (primary N) is 1. The van der Waals surface area contributed by atoms with E-state index < -0.39 is 21.4 Å². The van der Waals surface area contributed by atoms with Crippen LogP contribution in [0.25, 0.3) is 0 Å². The number of hydrogen-bond acceptors (Lipinski definition) is 3. The summed E-state index contributed by atoms with van der Waals surface area (Å²) in [7, 11) is -3.76. The summed E-state index contributed by atoms with van der Waals surface area (Å²) in [6.45, 7) is 5.53. The molecule has 0 unspecified atom stereocenters. The van der Waals surface area contributed by atoms with Crippen molar-refractivity contribution >= 4 is 10.0 Å². The van der Waals surface area contributed by atoms with Gasteiger partial charge in [-0.3, -0.25) is 0 Å². The van der Waals surface area contributed by atoms with E-state index in [1.165, 1.54) is 12.1 Å². The van der Waals surface area contributed by atoms with Crippen LogP contribution < -0.4 is 10.5 Å². The van der Waals surface area contributed by atoms with E-state index in [1.54, 1.807) is 6.92 Å². The summed E-state index contributed by atoms with van der Waals surface area (Å²) in [6, 6.07) is 3.88. The van der Waals surface area contributed by atoms with Gasteiger partial charge in [-0.1, -0.05) is 19.9 Å². The molecule has 0 atom stereocenters. The van der Waals surface area contributed by atoms with Gasteiger partial charge in [-0.15, -0.1) is 0 Å². The monoisotopic (exact) mass is 288 g/mol. The maximum absolute atomic E-state index is 13.5. The largest absolute Gasteiger partial charge is 0.329 e. The van der Waals surface area contributed by atoms with Crippen LogP contribution >= 0.6 is 0 Å². The standard InChI is InChI=1S/C13H21FN2O2S/c1-4-13(5-2,9-15)16-19(17,18)11-7-6-10(3)12(14)8-11/h6-8,16H,4-5,9,15H2,1-3H3. The number of benzene rings is 1. The molecule has 108 valence electrons. The third kappa shape index (κ3) is 3.52. The molecule has 0 aliphatic rings. The van der Waals surface area contributed by atoms with E-state index in [9.17, 15) is 12.8 Å². The van der Waals surface area contributed by atoms with Crippen molar-refractivity contribution in [2.45, 2.75) is 44.0 Å². The number of rotatable bonds is 6. The Labute approximate surface area is 114 Å². The maximum atomic E-state index is 13.5. The zero-order chi connectivity index (χ0) is 14.7. The number of halogens is 1. The molecular formula is C13H21FN2O2S. The van der Waals surface area contributed by atoms with Crippen molar-refractivity contribution in [1.82, 2.24) is 4.72 Å². The van der Waals surface area contributed by atoms with Crippen LogP contribution in [0.3, 0.4) is 0 Å². The first-order chi connectivity index (χ1) is 8.80. The molecule has 4 nitrogen and oxygen atoms in total. The Morgan fingerprint density at radius 2 is 1.89 bits per heavy atom. The van der Waals surface area contributed by atoms with Crippen molar-refractivity contribution in [3.63, 3.8) is 0 Å². The van der Waals surface area contributed by atoms with Crippen molar-refractivity contribution in [1.29, 1.82) is 0 Å². The van der Waals surface area contributed by atoms with E-state index in [0.717, 1.165) is 6.07 Å². The Morgan fingerprint density at radius 3 is 2.32 bits per heavy atom. The molecule has 0 saturated heterocycles. The van der Waals surface area contributed by atoms with Gasteiger partial charge in [0.25, 0.3) is 0 Å². The predicted molar refractivity (Wildman–Crippen MR) is 73.8 cm³/mol. The third-order valence-corrected chi connectivity index (χ3v) is 5.13. The quantitative estimate of drug-likeness (QED) is 0.840. The molecule has 3 N–H and O–H groups in total. The van der Waals surface area contributed by atoms with Gasteiger partial charge in [0.1, 0.15) is 5.82 Å². The van der Waals surface area contributed by atoms with E-state index in [2.05, 4.69) is 4.72 Å². The van der Waals surface area contributed by atoms with E-state index >= 15 is 0 Å². The molecule has 0 spiro atoms. The fraction of sp³-hybridized carbons (Fsp3) is 0.538. The summed E-state index contributed by atoms with van der Waals surface area (Å²) in [4.78, 5) is -0.0738. The second kappa shape index (κ2) is 5.98. The summed E-state index contributed by atoms with van der Waals surface area (Å²) >= 11 is 0. The highest BCUT2D eigenvalue weighted by Crippen LogP contribution is 2.20. The molecule has 0 radical (unpaired) electrons. The van der Waals surface area contributed by atoms with Gasteiger partial charge in [0.05, 0.1) is 4.90 Å². The van der Waals surface area contributed by atoms with Crippen LogP contribution in [0.1, 0.15) is 32.3 Å². The lowest BCUT2D eigenvalue weighted by Crippen LogP contribution is -2.52. The molecule has 19 heavy (non-hydrogen) atoms. The van der Waals surface area contributed by atoms with Gasteiger partial charge >= 0.3 is 0 Å². The molecule has 0 fully saturated rings. The third-order valence-electron chi connectivity index (χ3n) is 3.55. The minimum atomic E-state index is -3.76. The minimum Gasteiger partial charge on any atom is -0.329 e. The van der Waals surface area contributed by atoms with Gasteiger partial charge in [0.2, 0.25) is 10.0 Å². The van der Waals surface area contributed by atoms with Crippen molar-refractivity contribution in [3.8, 4) is 0 Å². The van der Waals surface area contributed by atoms with Crippen LogP contribution in [0.5, 0.6) is 0 Å². The molecule has 0 amide bonds. The average molecular weight is 288 g/mol. The molecule has 0 heterocycles. The number of sulfonamides is 1. The van der Waals surface area contributed by atoms with Crippen LogP contribution in [0.4, 0.5) is 4.39 Å². The van der Waals surface area contributed by atoms with Gasteiger partial charge in [0.15, 0.2) is 0 Å². The highest BCUT2D eigenvalue weighted by molar-refractivity contribution is 7.89. The second-order valence-electron chi connectivity index (χ2n) is 4.71. The summed E-state index contributed by atoms with van der Waals surface area (Å²) in [5.41, 5.74) is 5.40. The molecule has 0 bridgehead atoms. The van der Waals surface area contributed by atoms with Crippen LogP contribution in [-0.4, -0.2) is 20.5 Å². The smallest absolute Gasteiger partial charge is 0.241 e. The molecule has 1 aromatic rings. The minimum absolute atomic E-state index is 0.0738. The highest BCUT2D eigenvalue weighted by atomic mass is 32.2. The first-order valence-corrected chi connectivity index (χ1v) is 7.78. The highest BCUT2D eigenvalue weighted by Gasteiger charge is 2.30. The zero-order valence-electron chi connectivity index (χ0n) is 11.5. The Balaban J connectivity index is 3.14. The second-order valence-corrected chi connectivity index (χ2v) is 6.39. The Bertz CT molecular complexity index is 531. The van der Waals surface area contributed by atoms with E-state index in [1.807, 2.05) is 13.8 Å². The Morgan fingerprint density at radius 1 is 1.32 bits per heavy atom. The molecule has 0 aliphatic heterocycles. The first kappa shape index (κ1) is 16.1. The van der Waals surface area contributed by atoms with Gasteiger partial charge < -0.3 is 5.73 Å². The molecule has 6 heteroatoms. The normalized spacial score (nSPS) is 12.7. The summed E-state index contributed by atoms with van der Waals surface area (Å²) in [5, 5.41) is 0. The van der Waals surface area contributed by atoms with Crippen LogP contribution in [-0.2, 0) is 10.0 Å². The van der Waals surface area contributed by atoms with Crippen LogP contribution in [0, 0.1) is 12.7 Å². The fourth-order valence-electron chi connectivity index (χ4n) is 1.81. The first-order valence-electron chi connectivity index (χ1n) is 6.30. The fourth-order valence-corrected chi connectivity index (χ4v) is 3.38. The lowest BCUT2D eigenvalue weighted by molar-refractivity contribution is 0.363. The Hall–Kier alpha value is -0.980. The molecular weight excluding hydrogens is 267 g/mol. The number of nitrogens with one attached hydrogen (secondary N) is 1. The lowest BCUT2D eigenvalue weighted by atomic mass is 9.95. The number of hydrogen-bond donors (Lipinski definition) is 2. The molecule has 0 aromatic heterocycles. The lowest BCUT2D eigenvalue weighted by Gasteiger charge is -2.31. The predicted octanol–water partition coefficient (Wildman–Crippen LogP) is 1.93. The topological polar surface area (TPSA) is 72.2 Å². The Kier molecular flexibility index (Phi) is 5.06. The van der Waals surface area contributed by atoms with E-state index in [-0.39, 0.29) is 11.4 Å². The molecule has 0 saturated carbocycles. The average Bonchev–Trinajstić information content (AvgIpc) is 2.39. The zero-order valence-corrected chi connectivity index (χ0v) is 12.3. The molecule has 0 aliphatic carbocycles. The van der Waals surface area contributed by atoms with Crippen LogP contribution in [0.2, 0.25) is 0 Å². The molecule has 1 rings (SSSR count). The van der Waals surface area contributed by atoms with Gasteiger partial charge in [-0.05, 0) is 37.5 Å². The van der Waals surface area contributed by atoms with Gasteiger partial charge in [0, 0.05) is 12.1 Å². The van der Waals surface area contributed by atoms with Crippen molar-refractivity contribution < 1.29 is 12.8 Å². The van der Waals surface area contributed by atoms with Crippen molar-refractivity contribution in [3.05, 3.63) is 29.6 Å². The van der Waals surface area contributed by atoms with Crippen molar-refractivity contribution in [2.24, 2.45) is 5.73 Å². The summed E-state index contributed by atoms with van der Waals surface area (Å²) in [6.07, 6.45) is 1.15.